The quantitative estimate of drug-likeness (QED) is 0.514. The van der Waals surface area contributed by atoms with E-state index in [1.54, 1.807) is 0 Å². The van der Waals surface area contributed by atoms with Gasteiger partial charge in [0.05, 0.1) is 17.8 Å². The third kappa shape index (κ3) is 5.14. The van der Waals surface area contributed by atoms with Crippen molar-refractivity contribution in [3.63, 3.8) is 0 Å². The van der Waals surface area contributed by atoms with E-state index in [9.17, 15) is 14.9 Å². The molecule has 0 radical (unpaired) electrons. The topological polar surface area (TPSA) is 84.5 Å². The Morgan fingerprint density at radius 3 is 2.67 bits per heavy atom. The molecule has 144 valence electrons. The number of carbonyl (C=O) groups is 1. The van der Waals surface area contributed by atoms with E-state index in [1.807, 2.05) is 4.90 Å². The number of hydrogen-bond acceptors (Lipinski definition) is 5. The number of halogens is 1. The Bertz CT molecular complexity index is 830. The van der Waals surface area contributed by atoms with Crippen molar-refractivity contribution < 1.29 is 9.72 Å². The number of hydrogen-bond donors (Lipinski definition) is 0. The highest BCUT2D eigenvalue weighted by Crippen LogP contribution is 2.22. The van der Waals surface area contributed by atoms with E-state index in [4.69, 9.17) is 0 Å². The standard InChI is InChI=1S/C18H22BrN5O3/c1-14-3-2-4-15(11-14)12-21-7-9-22(10-8-21)17(25)5-6-23-13-16(19)18(20-23)24(26)27/h2-4,11,13H,5-10,12H2,1H3. The van der Waals surface area contributed by atoms with Crippen LogP contribution < -0.4 is 0 Å². The summed E-state index contributed by atoms with van der Waals surface area (Å²) < 4.78 is 1.76. The van der Waals surface area contributed by atoms with Crippen LogP contribution in [0.3, 0.4) is 0 Å². The van der Waals surface area contributed by atoms with Crippen LogP contribution in [0.2, 0.25) is 0 Å². The highest BCUT2D eigenvalue weighted by molar-refractivity contribution is 9.10. The summed E-state index contributed by atoms with van der Waals surface area (Å²) in [6.07, 6.45) is 1.81. The molecule has 1 amide bonds. The van der Waals surface area contributed by atoms with Gasteiger partial charge in [-0.05, 0) is 33.3 Å². The van der Waals surface area contributed by atoms with Crippen molar-refractivity contribution in [2.75, 3.05) is 26.2 Å². The van der Waals surface area contributed by atoms with Crippen molar-refractivity contribution in [3.8, 4) is 0 Å². The van der Waals surface area contributed by atoms with Crippen LogP contribution in [0.25, 0.3) is 0 Å². The SMILES string of the molecule is Cc1cccc(CN2CCN(C(=O)CCn3cc(Br)c([N+](=O)[O-])n3)CC2)c1. The number of nitro groups is 1. The Morgan fingerprint density at radius 1 is 1.30 bits per heavy atom. The van der Waals surface area contributed by atoms with Crippen LogP contribution in [0.4, 0.5) is 5.82 Å². The fourth-order valence-corrected chi connectivity index (χ4v) is 3.68. The molecule has 1 aliphatic heterocycles. The predicted molar refractivity (Wildman–Crippen MR) is 104 cm³/mol. The van der Waals surface area contributed by atoms with Crippen molar-refractivity contribution in [2.45, 2.75) is 26.4 Å². The zero-order valence-corrected chi connectivity index (χ0v) is 16.8. The number of aryl methyl sites for hydroxylation is 2. The van der Waals surface area contributed by atoms with Gasteiger partial charge in [-0.2, -0.15) is 4.68 Å². The van der Waals surface area contributed by atoms with Gasteiger partial charge in [-0.3, -0.25) is 9.69 Å². The summed E-state index contributed by atoms with van der Waals surface area (Å²) >= 11 is 3.11. The van der Waals surface area contributed by atoms with Gasteiger partial charge in [0, 0.05) is 39.1 Å². The van der Waals surface area contributed by atoms with Gasteiger partial charge in [0.1, 0.15) is 4.47 Å². The number of rotatable bonds is 6. The monoisotopic (exact) mass is 435 g/mol. The lowest BCUT2D eigenvalue weighted by molar-refractivity contribution is -0.390. The molecular formula is C18H22BrN5O3. The Kier molecular flexibility index (Phi) is 6.22. The number of nitrogens with zero attached hydrogens (tertiary/aromatic N) is 5. The van der Waals surface area contributed by atoms with Gasteiger partial charge in [-0.15, -0.1) is 0 Å². The highest BCUT2D eigenvalue weighted by atomic mass is 79.9. The van der Waals surface area contributed by atoms with Crippen molar-refractivity contribution in [3.05, 3.63) is 56.2 Å². The maximum atomic E-state index is 12.4. The Hall–Kier alpha value is -2.26. The molecule has 2 heterocycles. The first-order chi connectivity index (χ1) is 12.9. The molecule has 0 N–H and O–H groups in total. The van der Waals surface area contributed by atoms with Gasteiger partial charge in [0.2, 0.25) is 5.91 Å². The van der Waals surface area contributed by atoms with Gasteiger partial charge < -0.3 is 15.0 Å². The molecule has 1 aromatic carbocycles. The second kappa shape index (κ2) is 8.62. The first-order valence-corrected chi connectivity index (χ1v) is 9.64. The van der Waals surface area contributed by atoms with Crippen LogP contribution in [-0.2, 0) is 17.9 Å². The van der Waals surface area contributed by atoms with Crippen LogP contribution in [0.5, 0.6) is 0 Å². The number of amides is 1. The van der Waals surface area contributed by atoms with Gasteiger partial charge in [-0.25, -0.2) is 0 Å². The van der Waals surface area contributed by atoms with Gasteiger partial charge >= 0.3 is 5.82 Å². The first-order valence-electron chi connectivity index (χ1n) is 8.85. The number of aromatic nitrogens is 2. The molecule has 0 aliphatic carbocycles. The van der Waals surface area contributed by atoms with Crippen molar-refractivity contribution >= 4 is 27.7 Å². The third-order valence-electron chi connectivity index (χ3n) is 4.64. The molecule has 2 aromatic rings. The smallest absolute Gasteiger partial charge is 0.358 e. The van der Waals surface area contributed by atoms with Crippen molar-refractivity contribution in [1.82, 2.24) is 19.6 Å². The molecule has 9 heteroatoms. The highest BCUT2D eigenvalue weighted by Gasteiger charge is 2.23. The van der Waals surface area contributed by atoms with Crippen LogP contribution >= 0.6 is 15.9 Å². The predicted octanol–water partition coefficient (Wildman–Crippen LogP) is 2.60. The second-order valence-corrected chi connectivity index (χ2v) is 7.57. The maximum absolute atomic E-state index is 12.4. The summed E-state index contributed by atoms with van der Waals surface area (Å²) in [5.74, 6) is -0.174. The zero-order valence-electron chi connectivity index (χ0n) is 15.2. The first kappa shape index (κ1) is 19.5. The second-order valence-electron chi connectivity index (χ2n) is 6.72. The lowest BCUT2D eigenvalue weighted by Crippen LogP contribution is -2.48. The molecule has 0 spiro atoms. The van der Waals surface area contributed by atoms with Gasteiger partial charge in [-0.1, -0.05) is 29.8 Å². The largest absolute Gasteiger partial charge is 0.404 e. The summed E-state index contributed by atoms with van der Waals surface area (Å²) in [7, 11) is 0. The minimum atomic E-state index is -0.546. The molecule has 8 nitrogen and oxygen atoms in total. The van der Waals surface area contributed by atoms with Gasteiger partial charge in [0.25, 0.3) is 0 Å². The summed E-state index contributed by atoms with van der Waals surface area (Å²) in [6, 6.07) is 8.49. The van der Waals surface area contributed by atoms with Gasteiger partial charge in [0.15, 0.2) is 0 Å². The minimum absolute atomic E-state index is 0.0551. The third-order valence-corrected chi connectivity index (χ3v) is 5.20. The molecule has 0 bridgehead atoms. The fraction of sp³-hybridized carbons (Fsp3) is 0.444. The molecule has 27 heavy (non-hydrogen) atoms. The lowest BCUT2D eigenvalue weighted by atomic mass is 10.1. The van der Waals surface area contributed by atoms with Crippen LogP contribution in [0, 0.1) is 17.0 Å². The molecule has 0 unspecified atom stereocenters. The Balaban J connectivity index is 1.46. The fourth-order valence-electron chi connectivity index (χ4n) is 3.22. The summed E-state index contributed by atoms with van der Waals surface area (Å²) in [6.45, 7) is 6.41. The summed E-state index contributed by atoms with van der Waals surface area (Å²) in [5, 5.41) is 14.7. The molecule has 1 aliphatic rings. The van der Waals surface area contributed by atoms with Crippen LogP contribution in [0.15, 0.2) is 34.9 Å². The molecular weight excluding hydrogens is 414 g/mol. The zero-order chi connectivity index (χ0) is 19.4. The van der Waals surface area contributed by atoms with E-state index in [0.29, 0.717) is 24.1 Å². The average Bonchev–Trinajstić information content (AvgIpc) is 3.01. The maximum Gasteiger partial charge on any atom is 0.404 e. The molecule has 1 fully saturated rings. The molecule has 0 saturated carbocycles. The average molecular weight is 436 g/mol. The molecule has 1 saturated heterocycles. The molecule has 1 aromatic heterocycles. The summed E-state index contributed by atoms with van der Waals surface area (Å²) in [5.41, 5.74) is 2.55. The molecule has 0 atom stereocenters. The minimum Gasteiger partial charge on any atom is -0.358 e. The van der Waals surface area contributed by atoms with E-state index >= 15 is 0 Å². The number of benzene rings is 1. The normalized spacial score (nSPS) is 15.1. The number of piperazine rings is 1. The Labute approximate surface area is 166 Å². The lowest BCUT2D eigenvalue weighted by Gasteiger charge is -2.34. The van der Waals surface area contributed by atoms with E-state index in [0.717, 1.165) is 19.6 Å². The molecule has 3 rings (SSSR count). The van der Waals surface area contributed by atoms with E-state index in [1.165, 1.54) is 22.0 Å². The van der Waals surface area contributed by atoms with Crippen LogP contribution in [-0.4, -0.2) is 56.6 Å². The van der Waals surface area contributed by atoms with E-state index in [-0.39, 0.29) is 18.1 Å². The Morgan fingerprint density at radius 2 is 2.04 bits per heavy atom. The van der Waals surface area contributed by atoms with E-state index < -0.39 is 4.92 Å². The van der Waals surface area contributed by atoms with Crippen LogP contribution in [0.1, 0.15) is 17.5 Å². The number of carbonyl (C=O) groups excluding carboxylic acids is 1. The summed E-state index contributed by atoms with van der Waals surface area (Å²) in [4.78, 5) is 26.9. The van der Waals surface area contributed by atoms with Crippen molar-refractivity contribution in [2.24, 2.45) is 0 Å². The van der Waals surface area contributed by atoms with E-state index in [2.05, 4.69) is 57.1 Å². The van der Waals surface area contributed by atoms with Crippen molar-refractivity contribution in [1.29, 1.82) is 0 Å².